The second kappa shape index (κ2) is 4.96. The highest BCUT2D eigenvalue weighted by molar-refractivity contribution is 6.17. The number of aromatic nitrogens is 1. The van der Waals surface area contributed by atoms with Gasteiger partial charge >= 0.3 is 5.97 Å². The molecule has 76 valence electrons. The van der Waals surface area contributed by atoms with Crippen molar-refractivity contribution < 1.29 is 9.53 Å². The quantitative estimate of drug-likeness (QED) is 0.571. The van der Waals surface area contributed by atoms with Crippen molar-refractivity contribution in [3.63, 3.8) is 0 Å². The molecule has 0 fully saturated rings. The average Bonchev–Trinajstić information content (AvgIpc) is 2.18. The molecule has 0 aliphatic carbocycles. The normalized spacial score (nSPS) is 9.93. The van der Waals surface area contributed by atoms with Crippen molar-refractivity contribution in [3.8, 4) is 0 Å². The van der Waals surface area contributed by atoms with Crippen LogP contribution in [-0.2, 0) is 10.6 Å². The van der Waals surface area contributed by atoms with Gasteiger partial charge in [0.1, 0.15) is 5.69 Å². The van der Waals surface area contributed by atoms with E-state index in [9.17, 15) is 4.79 Å². The van der Waals surface area contributed by atoms with Crippen LogP contribution >= 0.6 is 11.6 Å². The lowest BCUT2D eigenvalue weighted by atomic mass is 10.2. The zero-order chi connectivity index (χ0) is 10.6. The van der Waals surface area contributed by atoms with Crippen molar-refractivity contribution in [2.45, 2.75) is 19.7 Å². The minimum Gasteiger partial charge on any atom is -0.461 e. The fraction of sp³-hybridized carbons (Fsp3) is 0.400. The SMILES string of the molecule is CCOC(=O)c1ccc(CCl)c(C)n1. The van der Waals surface area contributed by atoms with Gasteiger partial charge in [-0.25, -0.2) is 9.78 Å². The predicted octanol–water partition coefficient (Wildman–Crippen LogP) is 2.31. The largest absolute Gasteiger partial charge is 0.461 e. The summed E-state index contributed by atoms with van der Waals surface area (Å²) < 4.78 is 4.82. The number of carbonyl (C=O) groups is 1. The van der Waals surface area contributed by atoms with Crippen molar-refractivity contribution in [3.05, 3.63) is 29.1 Å². The first-order valence-corrected chi connectivity index (χ1v) is 4.92. The zero-order valence-corrected chi connectivity index (χ0v) is 8.97. The number of nitrogens with zero attached hydrogens (tertiary/aromatic N) is 1. The molecule has 0 unspecified atom stereocenters. The monoisotopic (exact) mass is 213 g/mol. The maximum absolute atomic E-state index is 11.3. The first kappa shape index (κ1) is 11.0. The Morgan fingerprint density at radius 3 is 2.79 bits per heavy atom. The smallest absolute Gasteiger partial charge is 0.356 e. The van der Waals surface area contributed by atoms with E-state index in [1.807, 2.05) is 6.92 Å². The number of halogens is 1. The molecule has 0 bridgehead atoms. The molecule has 3 nitrogen and oxygen atoms in total. The molecule has 0 aliphatic heterocycles. The Hall–Kier alpha value is -1.09. The molecule has 0 aromatic carbocycles. The molecule has 0 radical (unpaired) electrons. The molecule has 0 aliphatic rings. The first-order chi connectivity index (χ1) is 6.69. The number of alkyl halides is 1. The van der Waals surface area contributed by atoms with E-state index in [1.54, 1.807) is 19.1 Å². The summed E-state index contributed by atoms with van der Waals surface area (Å²) in [4.78, 5) is 15.4. The molecule has 1 aromatic rings. The van der Waals surface area contributed by atoms with Crippen LogP contribution in [0.1, 0.15) is 28.7 Å². The van der Waals surface area contributed by atoms with E-state index in [-0.39, 0.29) is 0 Å². The summed E-state index contributed by atoms with van der Waals surface area (Å²) in [5.41, 5.74) is 2.03. The summed E-state index contributed by atoms with van der Waals surface area (Å²) in [7, 11) is 0. The van der Waals surface area contributed by atoms with Crippen LogP contribution in [0.25, 0.3) is 0 Å². The van der Waals surface area contributed by atoms with Gasteiger partial charge in [0, 0.05) is 11.6 Å². The van der Waals surface area contributed by atoms with Crippen molar-refractivity contribution in [2.24, 2.45) is 0 Å². The van der Waals surface area contributed by atoms with Crippen LogP contribution in [0.2, 0.25) is 0 Å². The predicted molar refractivity (Wildman–Crippen MR) is 54.5 cm³/mol. The summed E-state index contributed by atoms with van der Waals surface area (Å²) in [6.45, 7) is 3.94. The van der Waals surface area contributed by atoms with Crippen LogP contribution in [0.15, 0.2) is 12.1 Å². The molecule has 14 heavy (non-hydrogen) atoms. The lowest BCUT2D eigenvalue weighted by Crippen LogP contribution is -2.08. The van der Waals surface area contributed by atoms with Crippen molar-refractivity contribution in [1.82, 2.24) is 4.98 Å². The Morgan fingerprint density at radius 1 is 1.57 bits per heavy atom. The molecule has 0 saturated heterocycles. The number of hydrogen-bond donors (Lipinski definition) is 0. The van der Waals surface area contributed by atoms with E-state index in [1.165, 1.54) is 0 Å². The summed E-state index contributed by atoms with van der Waals surface area (Å²) in [5.74, 6) is 0.0128. The Labute approximate surface area is 88.1 Å². The fourth-order valence-electron chi connectivity index (χ4n) is 1.05. The van der Waals surface area contributed by atoms with Gasteiger partial charge in [-0.3, -0.25) is 0 Å². The molecule has 0 amide bonds. The molecule has 4 heteroatoms. The van der Waals surface area contributed by atoms with Crippen LogP contribution in [-0.4, -0.2) is 17.6 Å². The van der Waals surface area contributed by atoms with Crippen LogP contribution < -0.4 is 0 Å². The standard InChI is InChI=1S/C10H12ClNO2/c1-3-14-10(13)9-5-4-8(6-11)7(2)12-9/h4-5H,3,6H2,1-2H3. The summed E-state index contributed by atoms with van der Waals surface area (Å²) in [5, 5.41) is 0. The van der Waals surface area contributed by atoms with Crippen LogP contribution in [0.4, 0.5) is 0 Å². The van der Waals surface area contributed by atoms with E-state index < -0.39 is 5.97 Å². The first-order valence-electron chi connectivity index (χ1n) is 4.38. The minimum absolute atomic E-state index is 0.332. The lowest BCUT2D eigenvalue weighted by Gasteiger charge is -2.04. The van der Waals surface area contributed by atoms with Crippen LogP contribution in [0, 0.1) is 6.92 Å². The van der Waals surface area contributed by atoms with Gasteiger partial charge in [0.15, 0.2) is 0 Å². The summed E-state index contributed by atoms with van der Waals surface area (Å²) >= 11 is 5.67. The van der Waals surface area contributed by atoms with Gasteiger partial charge in [0.05, 0.1) is 6.61 Å². The third kappa shape index (κ3) is 2.45. The molecule has 1 rings (SSSR count). The molecule has 1 heterocycles. The molecular formula is C10H12ClNO2. The molecular weight excluding hydrogens is 202 g/mol. The van der Waals surface area contributed by atoms with Gasteiger partial charge in [-0.1, -0.05) is 6.07 Å². The van der Waals surface area contributed by atoms with Gasteiger partial charge in [0.25, 0.3) is 0 Å². The van der Waals surface area contributed by atoms with E-state index in [4.69, 9.17) is 16.3 Å². The Bertz CT molecular complexity index is 339. The van der Waals surface area contributed by atoms with Crippen molar-refractivity contribution in [2.75, 3.05) is 6.61 Å². The average molecular weight is 214 g/mol. The highest BCUT2D eigenvalue weighted by atomic mass is 35.5. The molecule has 0 spiro atoms. The maximum atomic E-state index is 11.3. The van der Waals surface area contributed by atoms with Crippen molar-refractivity contribution in [1.29, 1.82) is 0 Å². The van der Waals surface area contributed by atoms with Crippen molar-refractivity contribution >= 4 is 17.6 Å². The molecule has 0 atom stereocenters. The third-order valence-electron chi connectivity index (χ3n) is 1.82. The van der Waals surface area contributed by atoms with Gasteiger partial charge in [0.2, 0.25) is 0 Å². The highest BCUT2D eigenvalue weighted by Crippen LogP contribution is 2.10. The van der Waals surface area contributed by atoms with E-state index in [0.29, 0.717) is 18.2 Å². The van der Waals surface area contributed by atoms with Gasteiger partial charge in [-0.2, -0.15) is 0 Å². The number of rotatable bonds is 3. The molecule has 0 saturated carbocycles. The number of hydrogen-bond acceptors (Lipinski definition) is 3. The second-order valence-electron chi connectivity index (χ2n) is 2.80. The lowest BCUT2D eigenvalue weighted by molar-refractivity contribution is 0.0519. The van der Waals surface area contributed by atoms with Crippen LogP contribution in [0.5, 0.6) is 0 Å². The second-order valence-corrected chi connectivity index (χ2v) is 3.06. The number of ether oxygens (including phenoxy) is 1. The number of aryl methyl sites for hydroxylation is 1. The van der Waals surface area contributed by atoms with E-state index in [0.717, 1.165) is 11.3 Å². The number of carbonyl (C=O) groups excluding carboxylic acids is 1. The number of esters is 1. The minimum atomic E-state index is -0.392. The fourth-order valence-corrected chi connectivity index (χ4v) is 1.33. The van der Waals surface area contributed by atoms with E-state index in [2.05, 4.69) is 4.98 Å². The van der Waals surface area contributed by atoms with Gasteiger partial charge in [-0.15, -0.1) is 11.6 Å². The molecule has 0 N–H and O–H groups in total. The summed E-state index contributed by atoms with van der Waals surface area (Å²) in [6.07, 6.45) is 0. The Morgan fingerprint density at radius 2 is 2.29 bits per heavy atom. The highest BCUT2D eigenvalue weighted by Gasteiger charge is 2.09. The molecule has 1 aromatic heterocycles. The number of pyridine rings is 1. The topological polar surface area (TPSA) is 39.2 Å². The Kier molecular flexibility index (Phi) is 3.89. The van der Waals surface area contributed by atoms with E-state index >= 15 is 0 Å². The van der Waals surface area contributed by atoms with Gasteiger partial charge in [-0.05, 0) is 25.5 Å². The Balaban J connectivity index is 2.91. The van der Waals surface area contributed by atoms with Crippen LogP contribution in [0.3, 0.4) is 0 Å². The van der Waals surface area contributed by atoms with Gasteiger partial charge < -0.3 is 4.74 Å². The zero-order valence-electron chi connectivity index (χ0n) is 8.21. The maximum Gasteiger partial charge on any atom is 0.356 e. The third-order valence-corrected chi connectivity index (χ3v) is 2.11. The summed E-state index contributed by atoms with van der Waals surface area (Å²) in [6, 6.07) is 3.42.